The smallest absolute Gasteiger partial charge is 0.0150 e. The van der Waals surface area contributed by atoms with Gasteiger partial charge in [0.15, 0.2) is 0 Å². The Hall–Kier alpha value is -0.0400. The molecule has 4 aliphatic rings. The minimum atomic E-state index is 0.462. The predicted molar refractivity (Wildman–Crippen MR) is 68.1 cm³/mol. The van der Waals surface area contributed by atoms with E-state index in [9.17, 15) is 0 Å². The van der Waals surface area contributed by atoms with Crippen LogP contribution in [-0.2, 0) is 0 Å². The number of nitrogens with two attached hydrogens (primary N) is 1. The number of hydrogen-bond donors (Lipinski definition) is 1. The molecule has 4 aliphatic carbocycles. The van der Waals surface area contributed by atoms with Crippen molar-refractivity contribution in [1.82, 2.24) is 0 Å². The third-order valence-electron chi connectivity index (χ3n) is 6.00. The summed E-state index contributed by atoms with van der Waals surface area (Å²) in [6, 6.07) is 0.476. The molecule has 4 rings (SSSR count). The standard InChI is InChI=1S/C15H27N/c1-4-5-15-8-11-6-13(2,10-15)9-14(3,7-11)12(15)16/h11-12H,4-10,16H2,1-3H3. The highest BCUT2D eigenvalue weighted by atomic mass is 14.8. The molecule has 0 amide bonds. The zero-order valence-corrected chi connectivity index (χ0v) is 11.2. The SMILES string of the molecule is CCCC12CC3CC(C)(CC(C)(C3)C1N)C2. The van der Waals surface area contributed by atoms with Crippen LogP contribution in [0.25, 0.3) is 0 Å². The van der Waals surface area contributed by atoms with Crippen molar-refractivity contribution in [2.24, 2.45) is 27.9 Å². The second-order valence-electron chi connectivity index (χ2n) is 7.89. The van der Waals surface area contributed by atoms with E-state index in [0.717, 1.165) is 5.92 Å². The molecular formula is C15H27N. The Balaban J connectivity index is 2.01. The van der Waals surface area contributed by atoms with Crippen LogP contribution in [0.4, 0.5) is 0 Å². The Kier molecular flexibility index (Phi) is 2.11. The molecule has 5 unspecified atom stereocenters. The van der Waals surface area contributed by atoms with Crippen molar-refractivity contribution in [1.29, 1.82) is 0 Å². The van der Waals surface area contributed by atoms with Crippen molar-refractivity contribution < 1.29 is 0 Å². The molecule has 0 spiro atoms. The van der Waals surface area contributed by atoms with Gasteiger partial charge in [0.1, 0.15) is 0 Å². The van der Waals surface area contributed by atoms with Crippen LogP contribution in [0.1, 0.15) is 65.7 Å². The highest BCUT2D eigenvalue weighted by Gasteiger charge is 2.63. The molecule has 5 atom stereocenters. The van der Waals surface area contributed by atoms with Crippen LogP contribution in [-0.4, -0.2) is 6.04 Å². The lowest BCUT2D eigenvalue weighted by atomic mass is 9.38. The molecule has 0 aromatic rings. The lowest BCUT2D eigenvalue weighted by Crippen LogP contribution is -2.66. The van der Waals surface area contributed by atoms with Crippen molar-refractivity contribution >= 4 is 0 Å². The van der Waals surface area contributed by atoms with Crippen molar-refractivity contribution in [2.75, 3.05) is 0 Å². The van der Waals surface area contributed by atoms with E-state index in [1.165, 1.54) is 44.9 Å². The molecule has 16 heavy (non-hydrogen) atoms. The summed E-state index contributed by atoms with van der Waals surface area (Å²) >= 11 is 0. The van der Waals surface area contributed by atoms with E-state index in [2.05, 4.69) is 20.8 Å². The fourth-order valence-corrected chi connectivity index (χ4v) is 6.38. The second-order valence-corrected chi connectivity index (χ2v) is 7.89. The Morgan fingerprint density at radius 1 is 1.12 bits per heavy atom. The van der Waals surface area contributed by atoms with Crippen LogP contribution in [0.15, 0.2) is 0 Å². The Morgan fingerprint density at radius 2 is 1.88 bits per heavy atom. The van der Waals surface area contributed by atoms with Gasteiger partial charge in [-0.1, -0.05) is 27.2 Å². The molecule has 92 valence electrons. The first kappa shape index (κ1) is 11.1. The molecule has 0 saturated heterocycles. The molecule has 1 heteroatoms. The van der Waals surface area contributed by atoms with Crippen LogP contribution in [0.3, 0.4) is 0 Å². The molecule has 0 aromatic heterocycles. The lowest BCUT2D eigenvalue weighted by Gasteiger charge is -2.68. The fourth-order valence-electron chi connectivity index (χ4n) is 6.38. The van der Waals surface area contributed by atoms with Gasteiger partial charge in [0.2, 0.25) is 0 Å². The van der Waals surface area contributed by atoms with E-state index < -0.39 is 0 Å². The molecule has 2 N–H and O–H groups in total. The van der Waals surface area contributed by atoms with Gasteiger partial charge in [-0.25, -0.2) is 0 Å². The molecule has 4 saturated carbocycles. The minimum Gasteiger partial charge on any atom is -0.327 e. The van der Waals surface area contributed by atoms with Crippen molar-refractivity contribution in [2.45, 2.75) is 71.8 Å². The molecule has 4 fully saturated rings. The van der Waals surface area contributed by atoms with Gasteiger partial charge in [-0.15, -0.1) is 0 Å². The van der Waals surface area contributed by atoms with E-state index in [-0.39, 0.29) is 0 Å². The molecule has 0 heterocycles. The van der Waals surface area contributed by atoms with Crippen LogP contribution in [0.5, 0.6) is 0 Å². The van der Waals surface area contributed by atoms with E-state index >= 15 is 0 Å². The Morgan fingerprint density at radius 3 is 2.50 bits per heavy atom. The number of rotatable bonds is 2. The Labute approximate surface area is 100 Å². The largest absolute Gasteiger partial charge is 0.327 e. The van der Waals surface area contributed by atoms with E-state index in [1.807, 2.05) is 0 Å². The molecule has 0 aromatic carbocycles. The minimum absolute atomic E-state index is 0.462. The molecule has 1 nitrogen and oxygen atoms in total. The summed E-state index contributed by atoms with van der Waals surface area (Å²) in [6.45, 7) is 7.34. The van der Waals surface area contributed by atoms with E-state index in [0.29, 0.717) is 22.3 Å². The lowest BCUT2D eigenvalue weighted by molar-refractivity contribution is -0.163. The molecule has 0 radical (unpaired) electrons. The van der Waals surface area contributed by atoms with Crippen molar-refractivity contribution in [3.63, 3.8) is 0 Å². The Bertz CT molecular complexity index is 313. The zero-order valence-electron chi connectivity index (χ0n) is 11.2. The highest BCUT2D eigenvalue weighted by molar-refractivity contribution is 5.16. The van der Waals surface area contributed by atoms with Gasteiger partial charge in [-0.05, 0) is 60.7 Å². The van der Waals surface area contributed by atoms with Gasteiger partial charge in [0.05, 0.1) is 0 Å². The first-order chi connectivity index (χ1) is 7.41. The maximum absolute atomic E-state index is 6.68. The van der Waals surface area contributed by atoms with Crippen LogP contribution in [0.2, 0.25) is 0 Å². The summed E-state index contributed by atoms with van der Waals surface area (Å²) in [5.74, 6) is 0.990. The summed E-state index contributed by atoms with van der Waals surface area (Å²) in [7, 11) is 0. The first-order valence-corrected chi connectivity index (χ1v) is 7.17. The van der Waals surface area contributed by atoms with Gasteiger partial charge < -0.3 is 5.73 Å². The fraction of sp³-hybridized carbons (Fsp3) is 1.00. The van der Waals surface area contributed by atoms with Gasteiger partial charge in [0.25, 0.3) is 0 Å². The maximum atomic E-state index is 6.68. The average Bonchev–Trinajstić information content (AvgIpc) is 2.11. The topological polar surface area (TPSA) is 26.0 Å². The summed E-state index contributed by atoms with van der Waals surface area (Å²) in [6.07, 6.45) is 9.83. The summed E-state index contributed by atoms with van der Waals surface area (Å²) < 4.78 is 0. The summed E-state index contributed by atoms with van der Waals surface area (Å²) in [4.78, 5) is 0. The quantitative estimate of drug-likeness (QED) is 0.755. The monoisotopic (exact) mass is 221 g/mol. The third kappa shape index (κ3) is 1.27. The van der Waals surface area contributed by atoms with Gasteiger partial charge in [-0.3, -0.25) is 0 Å². The summed E-state index contributed by atoms with van der Waals surface area (Å²) in [5.41, 5.74) is 8.28. The van der Waals surface area contributed by atoms with Crippen LogP contribution in [0, 0.1) is 22.2 Å². The normalized spacial score (nSPS) is 59.2. The number of hydrogen-bond acceptors (Lipinski definition) is 1. The predicted octanol–water partition coefficient (Wildman–Crippen LogP) is 3.72. The molecular weight excluding hydrogens is 194 g/mol. The average molecular weight is 221 g/mol. The molecule has 4 bridgehead atoms. The first-order valence-electron chi connectivity index (χ1n) is 7.17. The summed E-state index contributed by atoms with van der Waals surface area (Å²) in [5, 5.41) is 0. The maximum Gasteiger partial charge on any atom is 0.0150 e. The van der Waals surface area contributed by atoms with Crippen LogP contribution >= 0.6 is 0 Å². The highest BCUT2D eigenvalue weighted by Crippen LogP contribution is 2.69. The molecule has 0 aliphatic heterocycles. The van der Waals surface area contributed by atoms with E-state index in [4.69, 9.17) is 5.73 Å². The van der Waals surface area contributed by atoms with Crippen molar-refractivity contribution in [3.8, 4) is 0 Å². The van der Waals surface area contributed by atoms with Crippen molar-refractivity contribution in [3.05, 3.63) is 0 Å². The van der Waals surface area contributed by atoms with Gasteiger partial charge >= 0.3 is 0 Å². The third-order valence-corrected chi connectivity index (χ3v) is 6.00. The second kappa shape index (κ2) is 3.04. The van der Waals surface area contributed by atoms with Gasteiger partial charge in [-0.2, -0.15) is 0 Å². The van der Waals surface area contributed by atoms with Gasteiger partial charge in [0, 0.05) is 6.04 Å². The van der Waals surface area contributed by atoms with E-state index in [1.54, 1.807) is 0 Å². The van der Waals surface area contributed by atoms with Crippen LogP contribution < -0.4 is 5.73 Å². The zero-order chi connectivity index (χ0) is 11.6.